The van der Waals surface area contributed by atoms with Crippen LogP contribution < -0.4 is 10.1 Å². The first-order chi connectivity index (χ1) is 14.1. The highest BCUT2D eigenvalue weighted by Gasteiger charge is 2.30. The van der Waals surface area contributed by atoms with Crippen molar-refractivity contribution in [1.29, 1.82) is 0 Å². The number of amides is 2. The van der Waals surface area contributed by atoms with Crippen molar-refractivity contribution in [2.24, 2.45) is 0 Å². The Hall–Kier alpha value is -2.94. The van der Waals surface area contributed by atoms with E-state index in [-0.39, 0.29) is 24.8 Å². The lowest BCUT2D eigenvalue weighted by atomic mass is 10.0. The number of piperidine rings is 1. The summed E-state index contributed by atoms with van der Waals surface area (Å²) in [6.07, 6.45) is 4.11. The Bertz CT molecular complexity index is 768. The van der Waals surface area contributed by atoms with E-state index in [1.807, 2.05) is 30.3 Å². The zero-order chi connectivity index (χ0) is 20.5. The first-order valence-electron chi connectivity index (χ1n) is 9.87. The second-order valence-electron chi connectivity index (χ2n) is 7.04. The molecular weight excluding hydrogens is 374 g/mol. The highest BCUT2D eigenvalue weighted by atomic mass is 16.5. The second-order valence-corrected chi connectivity index (χ2v) is 7.04. The Kier molecular flexibility index (Phi) is 7.57. The van der Waals surface area contributed by atoms with Gasteiger partial charge in [0.25, 0.3) is 0 Å². The van der Waals surface area contributed by atoms with Gasteiger partial charge in [-0.1, -0.05) is 18.2 Å². The molecule has 1 fully saturated rings. The fourth-order valence-corrected chi connectivity index (χ4v) is 3.26. The summed E-state index contributed by atoms with van der Waals surface area (Å²) in [5, 5.41) is 17.1. The Morgan fingerprint density at radius 3 is 2.83 bits per heavy atom. The normalized spacial score (nSPS) is 19.0. The molecule has 1 aliphatic heterocycles. The summed E-state index contributed by atoms with van der Waals surface area (Å²) >= 11 is 0. The second kappa shape index (κ2) is 10.6. The number of carbonyl (C=O) groups excluding carboxylic acids is 2. The third kappa shape index (κ3) is 6.56. The van der Waals surface area contributed by atoms with Gasteiger partial charge in [-0.05, 0) is 25.0 Å². The fourth-order valence-electron chi connectivity index (χ4n) is 3.26. The monoisotopic (exact) mass is 401 g/mol. The number of aromatic nitrogens is 3. The zero-order valence-electron chi connectivity index (χ0n) is 16.3. The van der Waals surface area contributed by atoms with E-state index in [1.54, 1.807) is 15.9 Å². The van der Waals surface area contributed by atoms with E-state index in [4.69, 9.17) is 4.74 Å². The molecule has 2 N–H and O–H groups in total. The molecule has 0 spiro atoms. The van der Waals surface area contributed by atoms with Gasteiger partial charge >= 0.3 is 0 Å². The Labute approximate surface area is 169 Å². The van der Waals surface area contributed by atoms with Gasteiger partial charge in [-0.3, -0.25) is 14.3 Å². The van der Waals surface area contributed by atoms with Gasteiger partial charge in [0, 0.05) is 26.1 Å². The quantitative estimate of drug-likeness (QED) is 0.637. The molecule has 1 aromatic carbocycles. The molecule has 2 heterocycles. The van der Waals surface area contributed by atoms with Gasteiger partial charge in [0.15, 0.2) is 0 Å². The van der Waals surface area contributed by atoms with Crippen LogP contribution in [0.25, 0.3) is 0 Å². The van der Waals surface area contributed by atoms with Gasteiger partial charge in [-0.25, -0.2) is 4.98 Å². The Morgan fingerprint density at radius 2 is 2.07 bits per heavy atom. The van der Waals surface area contributed by atoms with E-state index in [9.17, 15) is 14.7 Å². The molecule has 9 nitrogen and oxygen atoms in total. The summed E-state index contributed by atoms with van der Waals surface area (Å²) in [6.45, 7) is 1.69. The van der Waals surface area contributed by atoms with E-state index in [0.717, 1.165) is 0 Å². The fraction of sp³-hybridized carbons (Fsp3) is 0.500. The summed E-state index contributed by atoms with van der Waals surface area (Å²) in [6, 6.07) is 8.82. The Morgan fingerprint density at radius 1 is 1.24 bits per heavy atom. The predicted molar refractivity (Wildman–Crippen MR) is 105 cm³/mol. The molecule has 29 heavy (non-hydrogen) atoms. The first kappa shape index (κ1) is 20.8. The zero-order valence-corrected chi connectivity index (χ0v) is 16.3. The lowest BCUT2D eigenvalue weighted by Crippen LogP contribution is -2.56. The van der Waals surface area contributed by atoms with Crippen LogP contribution in [0.1, 0.15) is 25.7 Å². The minimum atomic E-state index is -0.659. The number of ether oxygens (including phenoxy) is 1. The number of aliphatic hydroxyl groups excluding tert-OH is 1. The highest BCUT2D eigenvalue weighted by Crippen LogP contribution is 2.14. The molecule has 156 valence electrons. The summed E-state index contributed by atoms with van der Waals surface area (Å²) in [5.41, 5.74) is 0. The van der Waals surface area contributed by atoms with E-state index < -0.39 is 12.1 Å². The molecule has 2 aromatic rings. The number of aliphatic hydroxyl groups is 1. The number of hydrogen-bond donors (Lipinski definition) is 2. The maximum atomic E-state index is 12.5. The molecule has 3 rings (SSSR count). The van der Waals surface area contributed by atoms with Crippen molar-refractivity contribution >= 4 is 11.8 Å². The molecule has 1 saturated heterocycles. The van der Waals surface area contributed by atoms with Crippen LogP contribution in [0.5, 0.6) is 5.75 Å². The van der Waals surface area contributed by atoms with E-state index in [2.05, 4.69) is 15.4 Å². The van der Waals surface area contributed by atoms with Crippen LogP contribution in [-0.2, 0) is 16.1 Å². The van der Waals surface area contributed by atoms with Crippen molar-refractivity contribution in [1.82, 2.24) is 25.0 Å². The maximum absolute atomic E-state index is 12.5. The van der Waals surface area contributed by atoms with Gasteiger partial charge in [-0.2, -0.15) is 5.10 Å². The number of rotatable bonds is 9. The van der Waals surface area contributed by atoms with Crippen molar-refractivity contribution in [3.8, 4) is 5.75 Å². The molecule has 0 saturated carbocycles. The first-order valence-corrected chi connectivity index (χ1v) is 9.87. The SMILES string of the molecule is O=C(CCOc1ccccc1)N[C@@H]1CN(C(=O)CCCn2cncn2)CC[C@@H]1O. The lowest BCUT2D eigenvalue weighted by molar-refractivity contribution is -0.136. The molecule has 0 radical (unpaired) electrons. The molecular formula is C20H27N5O4. The molecule has 2 amide bonds. The maximum Gasteiger partial charge on any atom is 0.223 e. The molecule has 2 atom stereocenters. The number of nitrogens with one attached hydrogen (secondary N) is 1. The van der Waals surface area contributed by atoms with Crippen LogP contribution in [0.15, 0.2) is 43.0 Å². The van der Waals surface area contributed by atoms with E-state index >= 15 is 0 Å². The smallest absolute Gasteiger partial charge is 0.223 e. The predicted octanol–water partition coefficient (Wildman–Crippen LogP) is 0.605. The van der Waals surface area contributed by atoms with Crippen LogP contribution >= 0.6 is 0 Å². The van der Waals surface area contributed by atoms with Gasteiger partial charge in [-0.15, -0.1) is 0 Å². The summed E-state index contributed by atoms with van der Waals surface area (Å²) in [5.74, 6) is 0.523. The third-order valence-corrected chi connectivity index (χ3v) is 4.86. The average molecular weight is 401 g/mol. The molecule has 9 heteroatoms. The van der Waals surface area contributed by atoms with Crippen molar-refractivity contribution in [2.75, 3.05) is 19.7 Å². The number of hydrogen-bond acceptors (Lipinski definition) is 6. The average Bonchev–Trinajstić information content (AvgIpc) is 3.24. The van der Waals surface area contributed by atoms with Crippen LogP contribution in [0, 0.1) is 0 Å². The molecule has 0 aliphatic carbocycles. The molecule has 1 aromatic heterocycles. The van der Waals surface area contributed by atoms with Crippen LogP contribution in [0.4, 0.5) is 0 Å². The number of aryl methyl sites for hydroxylation is 1. The van der Waals surface area contributed by atoms with Gasteiger partial charge in [0.05, 0.1) is 25.2 Å². The molecule has 0 unspecified atom stereocenters. The van der Waals surface area contributed by atoms with Crippen LogP contribution in [-0.4, -0.2) is 68.4 Å². The topological polar surface area (TPSA) is 110 Å². The largest absolute Gasteiger partial charge is 0.493 e. The molecule has 1 aliphatic rings. The van der Waals surface area contributed by atoms with Crippen molar-refractivity contribution in [2.45, 2.75) is 44.4 Å². The summed E-state index contributed by atoms with van der Waals surface area (Å²) < 4.78 is 7.22. The minimum Gasteiger partial charge on any atom is -0.493 e. The van der Waals surface area contributed by atoms with E-state index in [0.29, 0.717) is 44.6 Å². The third-order valence-electron chi connectivity index (χ3n) is 4.86. The van der Waals surface area contributed by atoms with Gasteiger partial charge < -0.3 is 20.1 Å². The van der Waals surface area contributed by atoms with Crippen molar-refractivity contribution in [3.05, 3.63) is 43.0 Å². The number of nitrogens with zero attached hydrogens (tertiary/aromatic N) is 4. The van der Waals surface area contributed by atoms with Crippen molar-refractivity contribution in [3.63, 3.8) is 0 Å². The molecule has 0 bridgehead atoms. The minimum absolute atomic E-state index is 0.0173. The van der Waals surface area contributed by atoms with Gasteiger partial charge in [0.1, 0.15) is 18.4 Å². The van der Waals surface area contributed by atoms with Gasteiger partial charge in [0.2, 0.25) is 11.8 Å². The van der Waals surface area contributed by atoms with Crippen molar-refractivity contribution < 1.29 is 19.4 Å². The number of likely N-dealkylation sites (tertiary alicyclic amines) is 1. The number of para-hydroxylation sites is 1. The number of carbonyl (C=O) groups is 2. The Balaban J connectivity index is 1.39. The lowest BCUT2D eigenvalue weighted by Gasteiger charge is -2.36. The standard InChI is InChI=1S/C20H27N5O4/c26-18-8-11-24(20(28)7-4-10-25-15-21-14-22-25)13-17(18)23-19(27)9-12-29-16-5-2-1-3-6-16/h1-3,5-6,14-15,17-18,26H,4,7-13H2,(H,23,27)/t17-,18+/m1/s1. The highest BCUT2D eigenvalue weighted by molar-refractivity contribution is 5.78. The van der Waals surface area contributed by atoms with Crippen LogP contribution in [0.2, 0.25) is 0 Å². The summed E-state index contributed by atoms with van der Waals surface area (Å²) in [7, 11) is 0. The van der Waals surface area contributed by atoms with Crippen LogP contribution in [0.3, 0.4) is 0 Å². The van der Waals surface area contributed by atoms with E-state index in [1.165, 1.54) is 6.33 Å². The number of benzene rings is 1. The summed E-state index contributed by atoms with van der Waals surface area (Å²) in [4.78, 5) is 30.2.